The maximum absolute atomic E-state index is 10.4. The first-order valence-electron chi connectivity index (χ1n) is 10.3. The standard InChI is InChI=1S/C24H29N3O2/c1-18(2)27-24(11-13-25-27)20-7-9-23(10-8-20)29-17-22(28)16-26-14-12-19-5-3-4-6-21(19)15-26/h3-11,13,18,22,28H,12,14-17H2,1-2H3. The minimum Gasteiger partial charge on any atom is -0.491 e. The molecule has 0 amide bonds. The summed E-state index contributed by atoms with van der Waals surface area (Å²) in [6.45, 7) is 7.03. The average molecular weight is 392 g/mol. The molecule has 1 aromatic heterocycles. The molecule has 2 heterocycles. The number of aliphatic hydroxyl groups is 1. The third kappa shape index (κ3) is 4.69. The van der Waals surface area contributed by atoms with E-state index in [9.17, 15) is 5.11 Å². The topological polar surface area (TPSA) is 50.5 Å². The molecule has 3 aromatic rings. The van der Waals surface area contributed by atoms with Gasteiger partial charge in [0.1, 0.15) is 18.5 Å². The number of rotatable bonds is 7. The molecule has 1 N–H and O–H groups in total. The summed E-state index contributed by atoms with van der Waals surface area (Å²) in [4.78, 5) is 2.30. The van der Waals surface area contributed by atoms with Crippen molar-refractivity contribution in [3.63, 3.8) is 0 Å². The second-order valence-electron chi connectivity index (χ2n) is 8.00. The average Bonchev–Trinajstić information content (AvgIpc) is 3.23. The number of fused-ring (bicyclic) bond motifs is 1. The van der Waals surface area contributed by atoms with Crippen LogP contribution in [-0.2, 0) is 13.0 Å². The zero-order valence-electron chi connectivity index (χ0n) is 17.2. The molecule has 1 atom stereocenters. The number of hydrogen-bond acceptors (Lipinski definition) is 4. The van der Waals surface area contributed by atoms with Crippen LogP contribution in [0.5, 0.6) is 5.75 Å². The van der Waals surface area contributed by atoms with Crippen molar-refractivity contribution in [1.29, 1.82) is 0 Å². The Morgan fingerprint density at radius 3 is 2.55 bits per heavy atom. The van der Waals surface area contributed by atoms with Gasteiger partial charge >= 0.3 is 0 Å². The van der Waals surface area contributed by atoms with Crippen molar-refractivity contribution >= 4 is 0 Å². The van der Waals surface area contributed by atoms with Crippen LogP contribution in [0.3, 0.4) is 0 Å². The van der Waals surface area contributed by atoms with E-state index in [2.05, 4.69) is 48.1 Å². The first-order chi connectivity index (χ1) is 14.1. The molecule has 0 bridgehead atoms. The molecule has 29 heavy (non-hydrogen) atoms. The number of nitrogens with zero attached hydrogens (tertiary/aromatic N) is 3. The second kappa shape index (κ2) is 8.80. The van der Waals surface area contributed by atoms with Crippen molar-refractivity contribution in [2.45, 2.75) is 39.0 Å². The highest BCUT2D eigenvalue weighted by molar-refractivity contribution is 5.60. The van der Waals surface area contributed by atoms with Crippen LogP contribution in [-0.4, -0.2) is 45.6 Å². The van der Waals surface area contributed by atoms with E-state index in [4.69, 9.17) is 4.74 Å². The monoisotopic (exact) mass is 391 g/mol. The van der Waals surface area contributed by atoms with Crippen LogP contribution in [0.15, 0.2) is 60.8 Å². The zero-order chi connectivity index (χ0) is 20.2. The lowest BCUT2D eigenvalue weighted by Crippen LogP contribution is -2.38. The smallest absolute Gasteiger partial charge is 0.119 e. The van der Waals surface area contributed by atoms with Gasteiger partial charge in [0.25, 0.3) is 0 Å². The highest BCUT2D eigenvalue weighted by Gasteiger charge is 2.18. The van der Waals surface area contributed by atoms with Crippen LogP contribution < -0.4 is 4.74 Å². The molecule has 0 spiro atoms. The Morgan fingerprint density at radius 2 is 1.79 bits per heavy atom. The molecule has 0 fully saturated rings. The van der Waals surface area contributed by atoms with E-state index >= 15 is 0 Å². The molecule has 4 rings (SSSR count). The minimum absolute atomic E-state index is 0.293. The maximum atomic E-state index is 10.4. The van der Waals surface area contributed by atoms with E-state index in [1.807, 2.05) is 41.2 Å². The molecule has 1 aliphatic rings. The molecule has 0 saturated heterocycles. The van der Waals surface area contributed by atoms with Gasteiger partial charge < -0.3 is 9.84 Å². The molecule has 1 aliphatic heterocycles. The molecule has 5 heteroatoms. The van der Waals surface area contributed by atoms with Crippen molar-refractivity contribution in [2.24, 2.45) is 0 Å². The van der Waals surface area contributed by atoms with Crippen LogP contribution in [0.25, 0.3) is 11.3 Å². The fourth-order valence-electron chi connectivity index (χ4n) is 3.93. The summed E-state index contributed by atoms with van der Waals surface area (Å²) in [6, 6.07) is 18.9. The van der Waals surface area contributed by atoms with Gasteiger partial charge in [-0.05, 0) is 61.7 Å². The summed E-state index contributed by atoms with van der Waals surface area (Å²) in [7, 11) is 0. The summed E-state index contributed by atoms with van der Waals surface area (Å²) in [6.07, 6.45) is 2.36. The number of aliphatic hydroxyl groups excluding tert-OH is 1. The lowest BCUT2D eigenvalue weighted by molar-refractivity contribution is 0.0638. The molecule has 0 saturated carbocycles. The Labute approximate surface area is 172 Å². The molecule has 0 aliphatic carbocycles. The van der Waals surface area contributed by atoms with Crippen LogP contribution in [0, 0.1) is 0 Å². The molecule has 2 aromatic carbocycles. The van der Waals surface area contributed by atoms with Gasteiger partial charge in [-0.25, -0.2) is 0 Å². The maximum Gasteiger partial charge on any atom is 0.119 e. The van der Waals surface area contributed by atoms with E-state index in [1.54, 1.807) is 0 Å². The predicted molar refractivity (Wildman–Crippen MR) is 115 cm³/mol. The first kappa shape index (κ1) is 19.7. The lowest BCUT2D eigenvalue weighted by atomic mass is 10.00. The summed E-state index contributed by atoms with van der Waals surface area (Å²) in [5.74, 6) is 0.771. The Hall–Kier alpha value is -2.63. The number of ether oxygens (including phenoxy) is 1. The molecule has 1 unspecified atom stereocenters. The quantitative estimate of drug-likeness (QED) is 0.663. The van der Waals surface area contributed by atoms with E-state index in [-0.39, 0.29) is 0 Å². The van der Waals surface area contributed by atoms with Crippen LogP contribution in [0.2, 0.25) is 0 Å². The Bertz CT molecular complexity index is 933. The Balaban J connectivity index is 1.30. The van der Waals surface area contributed by atoms with E-state index in [0.29, 0.717) is 19.2 Å². The van der Waals surface area contributed by atoms with E-state index in [0.717, 1.165) is 36.5 Å². The SMILES string of the molecule is CC(C)n1nccc1-c1ccc(OCC(O)CN2CCc3ccccc3C2)cc1. The molecule has 0 radical (unpaired) electrons. The molecule has 152 valence electrons. The predicted octanol–water partition coefficient (Wildman–Crippen LogP) is 3.93. The zero-order valence-corrected chi connectivity index (χ0v) is 17.2. The fraction of sp³-hybridized carbons (Fsp3) is 0.375. The van der Waals surface area contributed by atoms with Crippen LogP contribution >= 0.6 is 0 Å². The first-order valence-corrected chi connectivity index (χ1v) is 10.3. The van der Waals surface area contributed by atoms with Crippen molar-refractivity contribution in [2.75, 3.05) is 19.7 Å². The van der Waals surface area contributed by atoms with Gasteiger partial charge in [0.05, 0.1) is 5.69 Å². The highest BCUT2D eigenvalue weighted by atomic mass is 16.5. The van der Waals surface area contributed by atoms with Gasteiger partial charge in [-0.3, -0.25) is 9.58 Å². The summed E-state index contributed by atoms with van der Waals surface area (Å²) < 4.78 is 7.84. The third-order valence-electron chi connectivity index (χ3n) is 5.43. The van der Waals surface area contributed by atoms with Crippen LogP contribution in [0.4, 0.5) is 0 Å². The second-order valence-corrected chi connectivity index (χ2v) is 8.00. The number of aromatic nitrogens is 2. The van der Waals surface area contributed by atoms with Crippen LogP contribution in [0.1, 0.15) is 31.0 Å². The van der Waals surface area contributed by atoms with Crippen molar-refractivity contribution in [3.05, 3.63) is 71.9 Å². The van der Waals surface area contributed by atoms with E-state index < -0.39 is 6.10 Å². The van der Waals surface area contributed by atoms with Gasteiger partial charge in [-0.15, -0.1) is 0 Å². The lowest BCUT2D eigenvalue weighted by Gasteiger charge is -2.30. The number of β-amino-alcohol motifs (C(OH)–C–C–N with tert-alkyl or cyclic N) is 1. The molecular formula is C24H29N3O2. The Kier molecular flexibility index (Phi) is 5.97. The van der Waals surface area contributed by atoms with Gasteiger partial charge in [0.2, 0.25) is 0 Å². The van der Waals surface area contributed by atoms with E-state index in [1.165, 1.54) is 11.1 Å². The molecular weight excluding hydrogens is 362 g/mol. The number of benzene rings is 2. The Morgan fingerprint density at radius 1 is 1.03 bits per heavy atom. The largest absolute Gasteiger partial charge is 0.491 e. The summed E-state index contributed by atoms with van der Waals surface area (Å²) >= 11 is 0. The van der Waals surface area contributed by atoms with Gasteiger partial charge in [0, 0.05) is 37.4 Å². The van der Waals surface area contributed by atoms with Gasteiger partial charge in [-0.2, -0.15) is 5.10 Å². The molecule has 5 nitrogen and oxygen atoms in total. The van der Waals surface area contributed by atoms with Crippen molar-refractivity contribution in [1.82, 2.24) is 14.7 Å². The summed E-state index contributed by atoms with van der Waals surface area (Å²) in [5, 5.41) is 14.8. The third-order valence-corrected chi connectivity index (χ3v) is 5.43. The van der Waals surface area contributed by atoms with Gasteiger partial charge in [-0.1, -0.05) is 24.3 Å². The normalized spacial score (nSPS) is 15.3. The van der Waals surface area contributed by atoms with Crippen molar-refractivity contribution in [3.8, 4) is 17.0 Å². The van der Waals surface area contributed by atoms with Crippen molar-refractivity contribution < 1.29 is 9.84 Å². The fourth-order valence-corrected chi connectivity index (χ4v) is 3.93. The minimum atomic E-state index is -0.512. The summed E-state index contributed by atoms with van der Waals surface area (Å²) in [5.41, 5.74) is 4.99. The number of hydrogen-bond donors (Lipinski definition) is 1. The highest BCUT2D eigenvalue weighted by Crippen LogP contribution is 2.24. The van der Waals surface area contributed by atoms with Gasteiger partial charge in [0.15, 0.2) is 0 Å².